The van der Waals surface area contributed by atoms with Crippen LogP contribution in [0.3, 0.4) is 0 Å². The third-order valence-electron chi connectivity index (χ3n) is 3.78. The van der Waals surface area contributed by atoms with Gasteiger partial charge >= 0.3 is 0 Å². The van der Waals surface area contributed by atoms with Gasteiger partial charge in [0.15, 0.2) is 0 Å². The summed E-state index contributed by atoms with van der Waals surface area (Å²) in [4.78, 5) is 0. The first-order valence-corrected chi connectivity index (χ1v) is 7.32. The number of hydrogen-bond acceptors (Lipinski definition) is 3. The summed E-state index contributed by atoms with van der Waals surface area (Å²) >= 11 is 0. The zero-order valence-corrected chi connectivity index (χ0v) is 12.0. The zero-order valence-electron chi connectivity index (χ0n) is 12.0. The molecule has 1 saturated carbocycles. The van der Waals surface area contributed by atoms with Crippen LogP contribution >= 0.6 is 0 Å². The van der Waals surface area contributed by atoms with E-state index in [0.29, 0.717) is 18.6 Å². The first-order valence-electron chi connectivity index (χ1n) is 7.32. The van der Waals surface area contributed by atoms with Gasteiger partial charge in [-0.05, 0) is 56.7 Å². The van der Waals surface area contributed by atoms with E-state index in [4.69, 9.17) is 15.2 Å². The minimum atomic E-state index is 0.105. The van der Waals surface area contributed by atoms with Crippen molar-refractivity contribution in [2.45, 2.75) is 45.3 Å². The summed E-state index contributed by atoms with van der Waals surface area (Å²) in [5, 5.41) is 0. The second-order valence-corrected chi connectivity index (χ2v) is 5.26. The molecule has 19 heavy (non-hydrogen) atoms. The number of hydrogen-bond donors (Lipinski definition) is 1. The summed E-state index contributed by atoms with van der Waals surface area (Å²) in [6, 6.07) is 8.25. The van der Waals surface area contributed by atoms with E-state index in [1.165, 1.54) is 5.56 Å². The molecule has 1 unspecified atom stereocenters. The first-order chi connectivity index (χ1) is 9.22. The molecule has 3 heteroatoms. The molecular formula is C16H25NO2. The normalized spacial score (nSPS) is 23.7. The maximum Gasteiger partial charge on any atom is 0.119 e. The van der Waals surface area contributed by atoms with E-state index in [1.54, 1.807) is 0 Å². The molecule has 1 aromatic carbocycles. The fourth-order valence-electron chi connectivity index (χ4n) is 2.74. The van der Waals surface area contributed by atoms with Crippen molar-refractivity contribution in [1.29, 1.82) is 0 Å². The van der Waals surface area contributed by atoms with Crippen molar-refractivity contribution in [3.63, 3.8) is 0 Å². The van der Waals surface area contributed by atoms with Gasteiger partial charge in [-0.25, -0.2) is 0 Å². The molecule has 2 N–H and O–H groups in total. The maximum absolute atomic E-state index is 6.29. The van der Waals surface area contributed by atoms with Crippen LogP contribution in [0.5, 0.6) is 5.75 Å². The fraction of sp³-hybridized carbons (Fsp3) is 0.625. The SMILES string of the molecule is CCOc1cccc(C(N)CC2CC(OCC)C2)c1. The van der Waals surface area contributed by atoms with Gasteiger partial charge in [-0.1, -0.05) is 12.1 Å². The molecule has 0 bridgehead atoms. The van der Waals surface area contributed by atoms with Gasteiger partial charge in [-0.3, -0.25) is 0 Å². The van der Waals surface area contributed by atoms with Crippen LogP contribution < -0.4 is 10.5 Å². The van der Waals surface area contributed by atoms with Crippen LogP contribution in [-0.4, -0.2) is 19.3 Å². The molecule has 0 saturated heterocycles. The molecule has 0 heterocycles. The minimum absolute atomic E-state index is 0.105. The average Bonchev–Trinajstić information content (AvgIpc) is 2.37. The molecule has 106 valence electrons. The molecule has 1 atom stereocenters. The summed E-state index contributed by atoms with van der Waals surface area (Å²) in [7, 11) is 0. The van der Waals surface area contributed by atoms with Crippen LogP contribution in [0.4, 0.5) is 0 Å². The van der Waals surface area contributed by atoms with E-state index in [1.807, 2.05) is 19.1 Å². The zero-order chi connectivity index (χ0) is 13.7. The molecule has 0 aromatic heterocycles. The van der Waals surface area contributed by atoms with E-state index in [2.05, 4.69) is 19.1 Å². The lowest BCUT2D eigenvalue weighted by molar-refractivity contribution is -0.0282. The Morgan fingerprint density at radius 2 is 2.05 bits per heavy atom. The van der Waals surface area contributed by atoms with Crippen molar-refractivity contribution in [3.8, 4) is 5.75 Å². The number of benzene rings is 1. The monoisotopic (exact) mass is 263 g/mol. The Morgan fingerprint density at radius 1 is 1.26 bits per heavy atom. The molecule has 1 fully saturated rings. The average molecular weight is 263 g/mol. The van der Waals surface area contributed by atoms with Crippen LogP contribution in [-0.2, 0) is 4.74 Å². The Balaban J connectivity index is 1.83. The van der Waals surface area contributed by atoms with Gasteiger partial charge in [-0.15, -0.1) is 0 Å². The smallest absolute Gasteiger partial charge is 0.119 e. The minimum Gasteiger partial charge on any atom is -0.494 e. The molecular weight excluding hydrogens is 238 g/mol. The Kier molecular flexibility index (Phi) is 5.23. The number of ether oxygens (including phenoxy) is 2. The molecule has 1 aromatic rings. The van der Waals surface area contributed by atoms with Gasteiger partial charge in [-0.2, -0.15) is 0 Å². The lowest BCUT2D eigenvalue weighted by atomic mass is 9.77. The molecule has 1 aliphatic carbocycles. The fourth-order valence-corrected chi connectivity index (χ4v) is 2.74. The highest BCUT2D eigenvalue weighted by Gasteiger charge is 2.30. The van der Waals surface area contributed by atoms with Gasteiger partial charge in [0.05, 0.1) is 12.7 Å². The van der Waals surface area contributed by atoms with Crippen molar-refractivity contribution in [3.05, 3.63) is 29.8 Å². The molecule has 0 spiro atoms. The van der Waals surface area contributed by atoms with Crippen molar-refractivity contribution >= 4 is 0 Å². The second kappa shape index (κ2) is 6.92. The number of nitrogens with two attached hydrogens (primary N) is 1. The Bertz CT molecular complexity index is 388. The quantitative estimate of drug-likeness (QED) is 0.821. The van der Waals surface area contributed by atoms with Crippen LogP contribution in [0.1, 0.15) is 44.7 Å². The van der Waals surface area contributed by atoms with Crippen molar-refractivity contribution in [2.75, 3.05) is 13.2 Å². The van der Waals surface area contributed by atoms with Crippen LogP contribution in [0, 0.1) is 5.92 Å². The Labute approximate surface area is 116 Å². The Hall–Kier alpha value is -1.06. The third-order valence-corrected chi connectivity index (χ3v) is 3.78. The predicted molar refractivity (Wildman–Crippen MR) is 77.3 cm³/mol. The highest BCUT2D eigenvalue weighted by atomic mass is 16.5. The van der Waals surface area contributed by atoms with E-state index < -0.39 is 0 Å². The highest BCUT2D eigenvalue weighted by molar-refractivity contribution is 5.30. The van der Waals surface area contributed by atoms with Crippen molar-refractivity contribution < 1.29 is 9.47 Å². The second-order valence-electron chi connectivity index (χ2n) is 5.26. The summed E-state index contributed by atoms with van der Waals surface area (Å²) in [6.45, 7) is 5.56. The predicted octanol–water partition coefficient (Wildman–Crippen LogP) is 3.29. The lowest BCUT2D eigenvalue weighted by Crippen LogP contribution is -2.33. The molecule has 1 aliphatic rings. The highest BCUT2D eigenvalue weighted by Crippen LogP contribution is 2.36. The topological polar surface area (TPSA) is 44.5 Å². The first kappa shape index (κ1) is 14.4. The molecule has 0 amide bonds. The van der Waals surface area contributed by atoms with Gasteiger partial charge in [0.2, 0.25) is 0 Å². The molecule has 2 rings (SSSR count). The van der Waals surface area contributed by atoms with Gasteiger partial charge < -0.3 is 15.2 Å². The van der Waals surface area contributed by atoms with Crippen molar-refractivity contribution in [1.82, 2.24) is 0 Å². The van der Waals surface area contributed by atoms with Crippen molar-refractivity contribution in [2.24, 2.45) is 11.7 Å². The van der Waals surface area contributed by atoms with Gasteiger partial charge in [0, 0.05) is 12.6 Å². The summed E-state index contributed by atoms with van der Waals surface area (Å²) in [5.41, 5.74) is 7.47. The lowest BCUT2D eigenvalue weighted by Gasteiger charge is -2.36. The molecule has 0 aliphatic heterocycles. The van der Waals surface area contributed by atoms with Crippen LogP contribution in [0.2, 0.25) is 0 Å². The van der Waals surface area contributed by atoms with E-state index in [-0.39, 0.29) is 6.04 Å². The molecule has 0 radical (unpaired) electrons. The number of rotatable bonds is 7. The standard InChI is InChI=1S/C16H25NO2/c1-3-18-14-7-5-6-13(11-14)16(17)10-12-8-15(9-12)19-4-2/h5-7,11-12,15-16H,3-4,8-10,17H2,1-2H3. The Morgan fingerprint density at radius 3 is 2.74 bits per heavy atom. The largest absolute Gasteiger partial charge is 0.494 e. The van der Waals surface area contributed by atoms with E-state index in [9.17, 15) is 0 Å². The maximum atomic E-state index is 6.29. The van der Waals surface area contributed by atoms with E-state index >= 15 is 0 Å². The van der Waals surface area contributed by atoms with Gasteiger partial charge in [0.1, 0.15) is 5.75 Å². The van der Waals surface area contributed by atoms with Crippen LogP contribution in [0.15, 0.2) is 24.3 Å². The molecule has 3 nitrogen and oxygen atoms in total. The van der Waals surface area contributed by atoms with Gasteiger partial charge in [0.25, 0.3) is 0 Å². The third kappa shape index (κ3) is 3.95. The van der Waals surface area contributed by atoms with E-state index in [0.717, 1.165) is 31.6 Å². The van der Waals surface area contributed by atoms with Crippen LogP contribution in [0.25, 0.3) is 0 Å². The summed E-state index contributed by atoms with van der Waals surface area (Å²) < 4.78 is 11.1. The summed E-state index contributed by atoms with van der Waals surface area (Å²) in [6.07, 6.45) is 3.83. The summed E-state index contributed by atoms with van der Waals surface area (Å²) in [5.74, 6) is 1.62.